The second-order valence-corrected chi connectivity index (χ2v) is 2.94. The molecule has 1 aromatic carbocycles. The fourth-order valence-electron chi connectivity index (χ4n) is 1.26. The number of hydrogen-bond acceptors (Lipinski definition) is 1. The van der Waals surface area contributed by atoms with Crippen LogP contribution in [0, 0.1) is 0 Å². The molecule has 0 aliphatic heterocycles. The van der Waals surface area contributed by atoms with E-state index in [9.17, 15) is 4.79 Å². The van der Waals surface area contributed by atoms with Crippen molar-refractivity contribution in [2.24, 2.45) is 0 Å². The van der Waals surface area contributed by atoms with Crippen molar-refractivity contribution in [3.63, 3.8) is 0 Å². The number of hydrogen-bond donors (Lipinski definition) is 0. The molecule has 0 unspecified atom stereocenters. The monoisotopic (exact) mass is 234 g/mol. The Hall–Kier alpha value is -0.806. The summed E-state index contributed by atoms with van der Waals surface area (Å²) in [5.74, 6) is 1.80. The predicted molar refractivity (Wildman–Crippen MR) is 48.6 cm³/mol. The molecule has 66 valence electrons. The maximum atomic E-state index is 10.4. The molecule has 0 fully saturated rings. The molecule has 1 aliphatic rings. The molecule has 0 heterocycles. The van der Waals surface area contributed by atoms with Gasteiger partial charge in [-0.2, -0.15) is 0 Å². The van der Waals surface area contributed by atoms with Crippen molar-refractivity contribution >= 4 is 28.7 Å². The minimum atomic E-state index is 0. The molecule has 0 atom stereocenters. The molecule has 0 amide bonds. The van der Waals surface area contributed by atoms with E-state index in [1.807, 2.05) is 24.3 Å². The molecule has 0 saturated carbocycles. The van der Waals surface area contributed by atoms with Crippen LogP contribution < -0.4 is 10.4 Å². The van der Waals surface area contributed by atoms with Gasteiger partial charge in [-0.3, -0.25) is 0 Å². The minimum Gasteiger partial charge on any atom is -0.233 e. The SMILES string of the molecule is O=C=C1C=c2ccccc2=C1Cl.[Ni+2]. The third-order valence-electron chi connectivity index (χ3n) is 1.84. The quantitative estimate of drug-likeness (QED) is 0.475. The fraction of sp³-hybridized carbons (Fsp3) is 0. The molecule has 0 saturated heterocycles. The Morgan fingerprint density at radius 3 is 2.54 bits per heavy atom. The van der Waals surface area contributed by atoms with E-state index in [1.165, 1.54) is 0 Å². The van der Waals surface area contributed by atoms with Crippen LogP contribution in [0.15, 0.2) is 29.8 Å². The first-order chi connectivity index (χ1) is 5.83. The van der Waals surface area contributed by atoms with Crippen LogP contribution in [0.5, 0.6) is 0 Å². The molecule has 0 spiro atoms. The molecule has 1 aliphatic carbocycles. The first-order valence-corrected chi connectivity index (χ1v) is 3.93. The summed E-state index contributed by atoms with van der Waals surface area (Å²) in [6.45, 7) is 0. The second-order valence-electron chi connectivity index (χ2n) is 2.56. The van der Waals surface area contributed by atoms with Crippen molar-refractivity contribution in [1.82, 2.24) is 0 Å². The Morgan fingerprint density at radius 1 is 1.23 bits per heavy atom. The summed E-state index contributed by atoms with van der Waals surface area (Å²) < 4.78 is 0. The molecule has 0 bridgehead atoms. The molecule has 13 heavy (non-hydrogen) atoms. The van der Waals surface area contributed by atoms with E-state index in [2.05, 4.69) is 0 Å². The minimum absolute atomic E-state index is 0. The molecule has 1 aromatic rings. The van der Waals surface area contributed by atoms with E-state index in [1.54, 1.807) is 12.0 Å². The van der Waals surface area contributed by atoms with Crippen molar-refractivity contribution in [2.45, 2.75) is 0 Å². The largest absolute Gasteiger partial charge is 2.00 e. The van der Waals surface area contributed by atoms with Crippen LogP contribution >= 0.6 is 11.6 Å². The van der Waals surface area contributed by atoms with Crippen LogP contribution in [0.3, 0.4) is 0 Å². The zero-order chi connectivity index (χ0) is 8.55. The van der Waals surface area contributed by atoms with Gasteiger partial charge < -0.3 is 0 Å². The topological polar surface area (TPSA) is 17.1 Å². The molecule has 1 nitrogen and oxygen atoms in total. The number of benzene rings is 1. The number of fused-ring (bicyclic) bond motifs is 1. The zero-order valence-electron chi connectivity index (χ0n) is 6.49. The van der Waals surface area contributed by atoms with Gasteiger partial charge in [-0.05, 0) is 11.3 Å². The molecule has 0 N–H and O–H groups in total. The van der Waals surface area contributed by atoms with Crippen LogP contribution in [0.2, 0.25) is 0 Å². The van der Waals surface area contributed by atoms with Crippen molar-refractivity contribution in [1.29, 1.82) is 0 Å². The van der Waals surface area contributed by atoms with Crippen molar-refractivity contribution in [3.05, 3.63) is 40.3 Å². The van der Waals surface area contributed by atoms with Crippen LogP contribution in [0.4, 0.5) is 0 Å². The molecule has 3 heteroatoms. The van der Waals surface area contributed by atoms with Crippen molar-refractivity contribution < 1.29 is 21.3 Å². The number of halogens is 1. The Balaban J connectivity index is 0.000000845. The Morgan fingerprint density at radius 2 is 1.92 bits per heavy atom. The molecular weight excluding hydrogens is 230 g/mol. The van der Waals surface area contributed by atoms with Crippen molar-refractivity contribution in [3.8, 4) is 0 Å². The van der Waals surface area contributed by atoms with E-state index >= 15 is 0 Å². The van der Waals surface area contributed by atoms with Gasteiger partial charge in [-0.25, -0.2) is 4.79 Å². The van der Waals surface area contributed by atoms with Gasteiger partial charge in [0.1, 0.15) is 5.94 Å². The van der Waals surface area contributed by atoms with Gasteiger partial charge in [0.2, 0.25) is 0 Å². The third-order valence-corrected chi connectivity index (χ3v) is 2.25. The molecule has 2 rings (SSSR count). The Kier molecular flexibility index (Phi) is 3.11. The smallest absolute Gasteiger partial charge is 0.233 e. The summed E-state index contributed by atoms with van der Waals surface area (Å²) in [7, 11) is 0. The van der Waals surface area contributed by atoms with Crippen LogP contribution in [0.1, 0.15) is 0 Å². The average Bonchev–Trinajstić information content (AvgIpc) is 2.44. The van der Waals surface area contributed by atoms with Crippen LogP contribution in [-0.4, -0.2) is 5.94 Å². The average molecular weight is 235 g/mol. The molecule has 0 radical (unpaired) electrons. The fourth-order valence-corrected chi connectivity index (χ4v) is 1.53. The first-order valence-electron chi connectivity index (χ1n) is 3.55. The summed E-state index contributed by atoms with van der Waals surface area (Å²) in [6, 6.07) is 7.61. The van der Waals surface area contributed by atoms with Gasteiger partial charge in [-0.1, -0.05) is 35.9 Å². The Labute approximate surface area is 90.3 Å². The number of carbonyl (C=O) groups excluding carboxylic acids is 1. The first kappa shape index (κ1) is 10.3. The van der Waals surface area contributed by atoms with Crippen LogP contribution in [-0.2, 0) is 21.3 Å². The third kappa shape index (κ3) is 1.62. The maximum Gasteiger partial charge on any atom is 2.00 e. The number of allylic oxidation sites excluding steroid dienone is 1. The number of rotatable bonds is 0. The van der Waals surface area contributed by atoms with Gasteiger partial charge >= 0.3 is 16.5 Å². The molecular formula is C10H5ClNiO+2. The summed E-state index contributed by atoms with van der Waals surface area (Å²) in [6.07, 6.45) is 1.74. The summed E-state index contributed by atoms with van der Waals surface area (Å²) in [4.78, 5) is 10.4. The van der Waals surface area contributed by atoms with Crippen molar-refractivity contribution in [2.75, 3.05) is 0 Å². The van der Waals surface area contributed by atoms with Gasteiger partial charge in [0, 0.05) is 5.22 Å². The van der Waals surface area contributed by atoms with E-state index in [-0.39, 0.29) is 16.5 Å². The zero-order valence-corrected chi connectivity index (χ0v) is 8.23. The summed E-state index contributed by atoms with van der Waals surface area (Å²) in [5.41, 5.74) is 0.442. The van der Waals surface area contributed by atoms with Crippen LogP contribution in [0.25, 0.3) is 11.1 Å². The molecule has 0 aromatic heterocycles. The van der Waals surface area contributed by atoms with E-state index in [4.69, 9.17) is 11.6 Å². The van der Waals surface area contributed by atoms with E-state index < -0.39 is 0 Å². The van der Waals surface area contributed by atoms with Gasteiger partial charge in [0.15, 0.2) is 0 Å². The summed E-state index contributed by atoms with van der Waals surface area (Å²) >= 11 is 5.89. The summed E-state index contributed by atoms with van der Waals surface area (Å²) in [5, 5.41) is 2.40. The van der Waals surface area contributed by atoms with Gasteiger partial charge in [0.05, 0.1) is 10.6 Å². The van der Waals surface area contributed by atoms with Gasteiger partial charge in [0.25, 0.3) is 0 Å². The standard InChI is InChI=1S/C10H5ClO.Ni/c11-10-8(6-12)5-7-3-1-2-4-9(7)10;/h1-5H;/q;+2. The maximum absolute atomic E-state index is 10.4. The van der Waals surface area contributed by atoms with E-state index in [0.29, 0.717) is 10.6 Å². The normalized spacial score (nSPS) is 12.7. The van der Waals surface area contributed by atoms with E-state index in [0.717, 1.165) is 10.4 Å². The second kappa shape index (κ2) is 3.93. The Bertz CT molecular complexity index is 498. The van der Waals surface area contributed by atoms with Gasteiger partial charge in [-0.15, -0.1) is 0 Å². The predicted octanol–water partition coefficient (Wildman–Crippen LogP) is 0.583.